The zero-order valence-electron chi connectivity index (χ0n) is 18.0. The summed E-state index contributed by atoms with van der Waals surface area (Å²) in [7, 11) is 1.60. The van der Waals surface area contributed by atoms with Crippen molar-refractivity contribution in [3.05, 3.63) is 77.6 Å². The molecule has 0 aliphatic rings. The number of ether oxygens (including phenoxy) is 1. The number of methoxy groups -OCH3 is 1. The van der Waals surface area contributed by atoms with Gasteiger partial charge in [0.15, 0.2) is 0 Å². The van der Waals surface area contributed by atoms with Crippen LogP contribution in [0.4, 0.5) is 5.69 Å². The highest BCUT2D eigenvalue weighted by molar-refractivity contribution is 6.00. The number of aryl methyl sites for hydroxylation is 2. The molecular weight excluding hydrogens is 392 g/mol. The Morgan fingerprint density at radius 3 is 2.45 bits per heavy atom. The van der Waals surface area contributed by atoms with Gasteiger partial charge >= 0.3 is 0 Å². The first-order valence-corrected chi connectivity index (χ1v) is 9.93. The van der Waals surface area contributed by atoms with Crippen molar-refractivity contribution in [2.75, 3.05) is 12.4 Å². The lowest BCUT2D eigenvalue weighted by atomic mass is 10.2. The third-order valence-electron chi connectivity index (χ3n) is 4.69. The molecule has 160 valence electrons. The van der Waals surface area contributed by atoms with Crippen LogP contribution >= 0.6 is 0 Å². The third-order valence-corrected chi connectivity index (χ3v) is 4.69. The maximum Gasteiger partial charge on any atom is 0.246 e. The molecule has 0 aliphatic carbocycles. The molecule has 1 aromatic heterocycles. The van der Waals surface area contributed by atoms with E-state index < -0.39 is 6.04 Å². The topological polar surface area (TPSA) is 85.2 Å². The van der Waals surface area contributed by atoms with Crippen molar-refractivity contribution >= 4 is 23.6 Å². The van der Waals surface area contributed by atoms with Crippen molar-refractivity contribution in [1.82, 2.24) is 15.1 Å². The van der Waals surface area contributed by atoms with Gasteiger partial charge in [-0.25, -0.2) is 4.68 Å². The quantitative estimate of drug-likeness (QED) is 0.574. The third kappa shape index (κ3) is 5.60. The molecule has 1 unspecified atom stereocenters. The molecule has 0 bridgehead atoms. The lowest BCUT2D eigenvalue weighted by Crippen LogP contribution is -2.41. The van der Waals surface area contributed by atoms with Crippen molar-refractivity contribution in [1.29, 1.82) is 0 Å². The van der Waals surface area contributed by atoms with Gasteiger partial charge in [0, 0.05) is 11.8 Å². The van der Waals surface area contributed by atoms with Gasteiger partial charge in [0.05, 0.1) is 24.2 Å². The van der Waals surface area contributed by atoms with Crippen molar-refractivity contribution < 1.29 is 14.3 Å². The Balaban J connectivity index is 1.64. The standard InChI is InChI=1S/C24H26N4O3/c1-16-15-17(2)28(27-16)22-8-6-5-7-21(22)26-24(30)18(3)25-23(29)14-11-19-9-12-20(31-4)13-10-19/h5-15,18H,1-4H3,(H,25,29)(H,26,30). The van der Waals surface area contributed by atoms with Crippen LogP contribution in [0.2, 0.25) is 0 Å². The summed E-state index contributed by atoms with van der Waals surface area (Å²) < 4.78 is 6.90. The maximum atomic E-state index is 12.7. The van der Waals surface area contributed by atoms with E-state index in [0.717, 1.165) is 28.4 Å². The number of nitrogens with zero attached hydrogens (tertiary/aromatic N) is 2. The van der Waals surface area contributed by atoms with E-state index in [1.165, 1.54) is 6.08 Å². The average molecular weight is 418 g/mol. The first-order valence-electron chi connectivity index (χ1n) is 9.93. The number of carbonyl (C=O) groups excluding carboxylic acids is 2. The molecule has 0 spiro atoms. The molecule has 0 saturated heterocycles. The highest BCUT2D eigenvalue weighted by Gasteiger charge is 2.17. The number of rotatable bonds is 7. The number of anilines is 1. The van der Waals surface area contributed by atoms with E-state index in [9.17, 15) is 9.59 Å². The Hall–Kier alpha value is -3.87. The van der Waals surface area contributed by atoms with Gasteiger partial charge in [-0.1, -0.05) is 24.3 Å². The Morgan fingerprint density at radius 1 is 1.10 bits per heavy atom. The number of benzene rings is 2. The van der Waals surface area contributed by atoms with E-state index in [1.807, 2.05) is 68.4 Å². The van der Waals surface area contributed by atoms with Crippen LogP contribution in [0, 0.1) is 13.8 Å². The van der Waals surface area contributed by atoms with E-state index in [2.05, 4.69) is 15.7 Å². The van der Waals surface area contributed by atoms with E-state index in [0.29, 0.717) is 5.69 Å². The lowest BCUT2D eigenvalue weighted by Gasteiger charge is -2.16. The van der Waals surface area contributed by atoms with Crippen molar-refractivity contribution in [3.63, 3.8) is 0 Å². The van der Waals surface area contributed by atoms with Crippen LogP contribution in [0.5, 0.6) is 5.75 Å². The molecule has 31 heavy (non-hydrogen) atoms. The Kier molecular flexibility index (Phi) is 6.87. The molecule has 7 heteroatoms. The second-order valence-corrected chi connectivity index (χ2v) is 7.18. The van der Waals surface area contributed by atoms with Crippen LogP contribution in [-0.2, 0) is 9.59 Å². The number of amides is 2. The number of nitrogens with one attached hydrogen (secondary N) is 2. The van der Waals surface area contributed by atoms with Gasteiger partial charge in [-0.2, -0.15) is 5.10 Å². The van der Waals surface area contributed by atoms with Gasteiger partial charge in [0.1, 0.15) is 11.8 Å². The fourth-order valence-corrected chi connectivity index (χ4v) is 3.09. The minimum atomic E-state index is -0.721. The summed E-state index contributed by atoms with van der Waals surface area (Å²) in [6.07, 6.45) is 3.08. The van der Waals surface area contributed by atoms with Gasteiger partial charge in [-0.05, 0) is 62.7 Å². The molecule has 0 radical (unpaired) electrons. The van der Waals surface area contributed by atoms with Crippen molar-refractivity contribution in [2.24, 2.45) is 0 Å². The summed E-state index contributed by atoms with van der Waals surface area (Å²) in [4.78, 5) is 24.9. The molecule has 1 heterocycles. The van der Waals surface area contributed by atoms with Gasteiger partial charge in [0.2, 0.25) is 11.8 Å². The van der Waals surface area contributed by atoms with Crippen LogP contribution in [-0.4, -0.2) is 34.7 Å². The zero-order valence-corrected chi connectivity index (χ0v) is 18.0. The van der Waals surface area contributed by atoms with Gasteiger partial charge in [-0.15, -0.1) is 0 Å². The minimum Gasteiger partial charge on any atom is -0.497 e. The largest absolute Gasteiger partial charge is 0.497 e. The molecule has 7 nitrogen and oxygen atoms in total. The summed E-state index contributed by atoms with van der Waals surface area (Å²) in [5.74, 6) is 0.0677. The highest BCUT2D eigenvalue weighted by atomic mass is 16.5. The molecule has 3 aromatic rings. The highest BCUT2D eigenvalue weighted by Crippen LogP contribution is 2.21. The molecule has 0 aliphatic heterocycles. The number of para-hydroxylation sites is 2. The van der Waals surface area contributed by atoms with Gasteiger partial charge in [0.25, 0.3) is 0 Å². The van der Waals surface area contributed by atoms with E-state index in [1.54, 1.807) is 24.8 Å². The van der Waals surface area contributed by atoms with E-state index in [4.69, 9.17) is 4.74 Å². The fourth-order valence-electron chi connectivity index (χ4n) is 3.09. The van der Waals surface area contributed by atoms with Gasteiger partial charge < -0.3 is 15.4 Å². The van der Waals surface area contributed by atoms with E-state index in [-0.39, 0.29) is 11.8 Å². The maximum absolute atomic E-state index is 12.7. The Labute approximate surface area is 181 Å². The summed E-state index contributed by atoms with van der Waals surface area (Å²) in [5.41, 5.74) is 4.09. The first-order chi connectivity index (χ1) is 14.9. The van der Waals surface area contributed by atoms with Crippen LogP contribution in [0.3, 0.4) is 0 Å². The summed E-state index contributed by atoms with van der Waals surface area (Å²) in [5, 5.41) is 10.1. The van der Waals surface area contributed by atoms with Crippen LogP contribution in [0.25, 0.3) is 11.8 Å². The predicted molar refractivity (Wildman–Crippen MR) is 121 cm³/mol. The molecule has 2 aromatic carbocycles. The molecule has 0 fully saturated rings. The SMILES string of the molecule is COc1ccc(C=CC(=O)NC(C)C(=O)Nc2ccccc2-n2nc(C)cc2C)cc1. The number of hydrogen-bond acceptors (Lipinski definition) is 4. The van der Waals surface area contributed by atoms with Gasteiger partial charge in [-0.3, -0.25) is 9.59 Å². The summed E-state index contributed by atoms with van der Waals surface area (Å²) in [6, 6.07) is 16.0. The summed E-state index contributed by atoms with van der Waals surface area (Å²) >= 11 is 0. The van der Waals surface area contributed by atoms with Crippen molar-refractivity contribution in [2.45, 2.75) is 26.8 Å². The Morgan fingerprint density at radius 2 is 1.81 bits per heavy atom. The monoisotopic (exact) mass is 418 g/mol. The van der Waals surface area contributed by atoms with E-state index >= 15 is 0 Å². The lowest BCUT2D eigenvalue weighted by molar-refractivity contribution is -0.123. The molecule has 2 N–H and O–H groups in total. The second kappa shape index (κ2) is 9.75. The fraction of sp³-hybridized carbons (Fsp3) is 0.208. The molecule has 1 atom stereocenters. The second-order valence-electron chi connectivity index (χ2n) is 7.18. The number of carbonyl (C=O) groups is 2. The van der Waals surface area contributed by atoms with Crippen molar-refractivity contribution in [3.8, 4) is 11.4 Å². The van der Waals surface area contributed by atoms with Crippen LogP contribution in [0.1, 0.15) is 23.9 Å². The molecular formula is C24H26N4O3. The Bertz CT molecular complexity index is 1100. The predicted octanol–water partition coefficient (Wildman–Crippen LogP) is 3.65. The minimum absolute atomic E-state index is 0.319. The smallest absolute Gasteiger partial charge is 0.246 e. The zero-order chi connectivity index (χ0) is 22.4. The van der Waals surface area contributed by atoms with Crippen LogP contribution < -0.4 is 15.4 Å². The number of aromatic nitrogens is 2. The average Bonchev–Trinajstić information content (AvgIpc) is 3.10. The normalized spacial score (nSPS) is 11.9. The molecule has 2 amide bonds. The molecule has 0 saturated carbocycles. The first kappa shape index (κ1) is 21.8. The van der Waals surface area contributed by atoms with Crippen LogP contribution in [0.15, 0.2) is 60.7 Å². The summed E-state index contributed by atoms with van der Waals surface area (Å²) in [6.45, 7) is 5.51. The molecule has 3 rings (SSSR count). The number of hydrogen-bond donors (Lipinski definition) is 2.